The van der Waals surface area contributed by atoms with Crippen LogP contribution in [0.25, 0.3) is 0 Å². The zero-order valence-electron chi connectivity index (χ0n) is 10.7. The van der Waals surface area contributed by atoms with Crippen LogP contribution in [0.3, 0.4) is 0 Å². The molecule has 1 fully saturated rings. The van der Waals surface area contributed by atoms with Crippen molar-refractivity contribution in [1.82, 2.24) is 4.90 Å². The Morgan fingerprint density at radius 2 is 2.18 bits per heavy atom. The van der Waals surface area contributed by atoms with E-state index in [2.05, 4.69) is 17.3 Å². The van der Waals surface area contributed by atoms with Gasteiger partial charge in [0.2, 0.25) is 0 Å². The first-order valence-electron chi connectivity index (χ1n) is 6.36. The minimum Gasteiger partial charge on any atom is -0.383 e. The molecule has 1 atom stereocenters. The van der Waals surface area contributed by atoms with E-state index in [0.29, 0.717) is 6.04 Å². The second kappa shape index (κ2) is 5.50. The van der Waals surface area contributed by atoms with E-state index in [9.17, 15) is 4.39 Å². The van der Waals surface area contributed by atoms with Gasteiger partial charge in [-0.2, -0.15) is 0 Å². The van der Waals surface area contributed by atoms with E-state index in [1.54, 1.807) is 12.1 Å². The third-order valence-corrected chi connectivity index (χ3v) is 3.51. The highest BCUT2D eigenvalue weighted by atomic mass is 19.1. The molecule has 1 heterocycles. The maximum atomic E-state index is 13.2. The number of rotatable bonds is 3. The Morgan fingerprint density at radius 1 is 1.35 bits per heavy atom. The van der Waals surface area contributed by atoms with E-state index >= 15 is 0 Å². The Morgan fingerprint density at radius 3 is 2.88 bits per heavy atom. The maximum Gasteiger partial charge on any atom is 0.125 e. The Kier molecular flexibility index (Phi) is 4.00. The topological polar surface area (TPSA) is 15.3 Å². The van der Waals surface area contributed by atoms with Crippen molar-refractivity contribution in [3.05, 3.63) is 29.6 Å². The summed E-state index contributed by atoms with van der Waals surface area (Å²) < 4.78 is 13.2. The average molecular weight is 236 g/mol. The predicted molar refractivity (Wildman–Crippen MR) is 69.9 cm³/mol. The lowest BCUT2D eigenvalue weighted by Gasteiger charge is -2.32. The highest BCUT2D eigenvalue weighted by Crippen LogP contribution is 2.17. The second-order valence-electron chi connectivity index (χ2n) is 5.03. The predicted octanol–water partition coefficient (Wildman–Crippen LogP) is 3.03. The van der Waals surface area contributed by atoms with Gasteiger partial charge in [-0.05, 0) is 57.1 Å². The number of piperidine rings is 1. The molecule has 1 N–H and O–H groups in total. The van der Waals surface area contributed by atoms with Gasteiger partial charge in [0.25, 0.3) is 0 Å². The van der Waals surface area contributed by atoms with Crippen LogP contribution in [0.2, 0.25) is 0 Å². The van der Waals surface area contributed by atoms with Crippen molar-refractivity contribution in [2.45, 2.75) is 32.2 Å². The van der Waals surface area contributed by atoms with Crippen molar-refractivity contribution < 1.29 is 4.39 Å². The number of aryl methyl sites for hydroxylation is 1. The second-order valence-corrected chi connectivity index (χ2v) is 5.03. The van der Waals surface area contributed by atoms with Crippen LogP contribution in [0.15, 0.2) is 18.2 Å². The standard InChI is InChI=1S/C14H21FN2/c1-11-7-12(15)9-13(8-11)16-10-14-5-3-4-6-17(14)2/h7-9,14,16H,3-6,10H2,1-2H3. The number of likely N-dealkylation sites (N-methyl/N-ethyl adjacent to an activating group) is 1. The fraction of sp³-hybridized carbons (Fsp3) is 0.571. The minimum atomic E-state index is -0.163. The zero-order chi connectivity index (χ0) is 12.3. The third-order valence-electron chi connectivity index (χ3n) is 3.51. The number of nitrogens with zero attached hydrogens (tertiary/aromatic N) is 1. The smallest absolute Gasteiger partial charge is 0.125 e. The lowest BCUT2D eigenvalue weighted by molar-refractivity contribution is 0.194. The molecule has 94 valence electrons. The summed E-state index contributed by atoms with van der Waals surface area (Å²) in [6, 6.07) is 5.69. The van der Waals surface area contributed by atoms with Gasteiger partial charge in [-0.1, -0.05) is 6.42 Å². The van der Waals surface area contributed by atoms with Crippen LogP contribution in [-0.4, -0.2) is 31.1 Å². The van der Waals surface area contributed by atoms with Crippen LogP contribution in [0.5, 0.6) is 0 Å². The number of halogens is 1. The summed E-state index contributed by atoms with van der Waals surface area (Å²) in [5.41, 5.74) is 1.85. The molecule has 3 heteroatoms. The number of nitrogens with one attached hydrogen (secondary N) is 1. The number of hydrogen-bond acceptors (Lipinski definition) is 2. The van der Waals surface area contributed by atoms with Crippen LogP contribution in [0.1, 0.15) is 24.8 Å². The molecule has 1 aromatic carbocycles. The summed E-state index contributed by atoms with van der Waals surface area (Å²) >= 11 is 0. The lowest BCUT2D eigenvalue weighted by Crippen LogP contribution is -2.40. The number of likely N-dealkylation sites (tertiary alicyclic amines) is 1. The molecule has 0 amide bonds. The summed E-state index contributed by atoms with van der Waals surface area (Å²) in [6.45, 7) is 3.99. The van der Waals surface area contributed by atoms with E-state index in [0.717, 1.165) is 17.8 Å². The van der Waals surface area contributed by atoms with Crippen molar-refractivity contribution in [2.24, 2.45) is 0 Å². The molecule has 0 aliphatic carbocycles. The van der Waals surface area contributed by atoms with Gasteiger partial charge < -0.3 is 10.2 Å². The van der Waals surface area contributed by atoms with E-state index in [1.807, 2.05) is 13.0 Å². The highest BCUT2D eigenvalue weighted by molar-refractivity contribution is 5.46. The zero-order valence-corrected chi connectivity index (χ0v) is 10.7. The van der Waals surface area contributed by atoms with Gasteiger partial charge in [0.1, 0.15) is 5.82 Å². The molecule has 2 nitrogen and oxygen atoms in total. The molecule has 0 bridgehead atoms. The molecule has 17 heavy (non-hydrogen) atoms. The molecule has 1 unspecified atom stereocenters. The highest BCUT2D eigenvalue weighted by Gasteiger charge is 2.18. The van der Waals surface area contributed by atoms with Crippen LogP contribution < -0.4 is 5.32 Å². The fourth-order valence-electron chi connectivity index (χ4n) is 2.48. The molecule has 0 saturated carbocycles. The summed E-state index contributed by atoms with van der Waals surface area (Å²) in [5, 5.41) is 3.34. The first kappa shape index (κ1) is 12.4. The van der Waals surface area contributed by atoms with E-state index in [1.165, 1.54) is 25.8 Å². The van der Waals surface area contributed by atoms with Gasteiger partial charge in [-0.25, -0.2) is 4.39 Å². The Hall–Kier alpha value is -1.09. The molecule has 0 radical (unpaired) electrons. The lowest BCUT2D eigenvalue weighted by atomic mass is 10.0. The quantitative estimate of drug-likeness (QED) is 0.867. The van der Waals surface area contributed by atoms with Gasteiger partial charge in [0.15, 0.2) is 0 Å². The summed E-state index contributed by atoms with van der Waals surface area (Å²) in [5.74, 6) is -0.163. The molecule has 0 spiro atoms. The Labute approximate surface area is 103 Å². The number of anilines is 1. The average Bonchev–Trinajstić information content (AvgIpc) is 2.27. The SMILES string of the molecule is Cc1cc(F)cc(NCC2CCCCN2C)c1. The molecule has 0 aromatic heterocycles. The molecular weight excluding hydrogens is 215 g/mol. The van der Waals surface area contributed by atoms with Crippen LogP contribution in [0, 0.1) is 12.7 Å². The van der Waals surface area contributed by atoms with Crippen molar-refractivity contribution in [1.29, 1.82) is 0 Å². The molecule has 2 rings (SSSR count). The molecule has 1 saturated heterocycles. The van der Waals surface area contributed by atoms with Gasteiger partial charge in [0, 0.05) is 18.3 Å². The van der Waals surface area contributed by atoms with Crippen molar-refractivity contribution >= 4 is 5.69 Å². The summed E-state index contributed by atoms with van der Waals surface area (Å²) in [6.07, 6.45) is 3.84. The maximum absolute atomic E-state index is 13.2. The van der Waals surface area contributed by atoms with E-state index < -0.39 is 0 Å². The normalized spacial score (nSPS) is 21.5. The molecule has 1 aliphatic heterocycles. The largest absolute Gasteiger partial charge is 0.383 e. The van der Waals surface area contributed by atoms with E-state index in [-0.39, 0.29) is 5.82 Å². The number of benzene rings is 1. The monoisotopic (exact) mass is 236 g/mol. The first-order chi connectivity index (χ1) is 8.15. The van der Waals surface area contributed by atoms with Gasteiger partial charge in [-0.3, -0.25) is 0 Å². The van der Waals surface area contributed by atoms with Crippen molar-refractivity contribution in [3.63, 3.8) is 0 Å². The summed E-state index contributed by atoms with van der Waals surface area (Å²) in [4.78, 5) is 2.39. The van der Waals surface area contributed by atoms with Crippen LogP contribution >= 0.6 is 0 Å². The van der Waals surface area contributed by atoms with E-state index in [4.69, 9.17) is 0 Å². The summed E-state index contributed by atoms with van der Waals surface area (Å²) in [7, 11) is 2.17. The van der Waals surface area contributed by atoms with Crippen molar-refractivity contribution in [2.75, 3.05) is 25.5 Å². The van der Waals surface area contributed by atoms with Gasteiger partial charge >= 0.3 is 0 Å². The third kappa shape index (κ3) is 3.43. The van der Waals surface area contributed by atoms with Crippen molar-refractivity contribution in [3.8, 4) is 0 Å². The van der Waals surface area contributed by atoms with Crippen LogP contribution in [-0.2, 0) is 0 Å². The molecular formula is C14H21FN2. The number of hydrogen-bond donors (Lipinski definition) is 1. The Bertz CT molecular complexity index is 358. The molecule has 1 aliphatic rings. The minimum absolute atomic E-state index is 0.163. The fourth-order valence-corrected chi connectivity index (χ4v) is 2.48. The first-order valence-corrected chi connectivity index (χ1v) is 6.36. The van der Waals surface area contributed by atoms with Gasteiger partial charge in [0.05, 0.1) is 0 Å². The molecule has 1 aromatic rings. The van der Waals surface area contributed by atoms with Gasteiger partial charge in [-0.15, -0.1) is 0 Å². The Balaban J connectivity index is 1.92. The van der Waals surface area contributed by atoms with Crippen LogP contribution in [0.4, 0.5) is 10.1 Å².